The molecular weight excluding hydrogens is 248 g/mol. The van der Waals surface area contributed by atoms with E-state index in [-0.39, 0.29) is 18.6 Å². The first kappa shape index (κ1) is 15.8. The van der Waals surface area contributed by atoms with Gasteiger partial charge < -0.3 is 20.4 Å². The Labute approximate surface area is 113 Å². The van der Waals surface area contributed by atoms with Gasteiger partial charge in [-0.05, 0) is 25.7 Å². The van der Waals surface area contributed by atoms with E-state index >= 15 is 0 Å². The van der Waals surface area contributed by atoms with Crippen molar-refractivity contribution >= 4 is 12.0 Å². The van der Waals surface area contributed by atoms with E-state index in [1.165, 1.54) is 6.42 Å². The molecule has 110 valence electrons. The highest BCUT2D eigenvalue weighted by molar-refractivity contribution is 5.79. The van der Waals surface area contributed by atoms with Crippen LogP contribution in [0.15, 0.2) is 0 Å². The minimum absolute atomic E-state index is 0.193. The summed E-state index contributed by atoms with van der Waals surface area (Å²) in [4.78, 5) is 24.3. The molecule has 0 aromatic heterocycles. The molecule has 19 heavy (non-hydrogen) atoms. The SMILES string of the molecule is CC1CCCC(N(C)C(=O)NCC(C)(O)C(=O)O)C1. The number of hydrogen-bond acceptors (Lipinski definition) is 3. The third kappa shape index (κ3) is 4.38. The number of carbonyl (C=O) groups excluding carboxylic acids is 1. The van der Waals surface area contributed by atoms with Gasteiger partial charge in [0.1, 0.15) is 0 Å². The van der Waals surface area contributed by atoms with Crippen LogP contribution in [0.1, 0.15) is 39.5 Å². The molecule has 0 spiro atoms. The molecule has 3 N–H and O–H groups in total. The standard InChI is InChI=1S/C13H24N2O4/c1-9-5-4-6-10(7-9)15(3)12(18)14-8-13(2,19)11(16)17/h9-10,19H,4-8H2,1-3H3,(H,14,18)(H,16,17). The van der Waals surface area contributed by atoms with Gasteiger partial charge in [0.05, 0.1) is 6.54 Å². The first-order chi connectivity index (χ1) is 8.74. The minimum Gasteiger partial charge on any atom is -0.479 e. The number of carboxylic acids is 1. The summed E-state index contributed by atoms with van der Waals surface area (Å²) >= 11 is 0. The molecule has 1 fully saturated rings. The summed E-state index contributed by atoms with van der Waals surface area (Å²) in [5.41, 5.74) is -1.93. The highest BCUT2D eigenvalue weighted by atomic mass is 16.4. The molecule has 0 saturated heterocycles. The molecule has 1 aliphatic rings. The maximum Gasteiger partial charge on any atom is 0.337 e. The Kier molecular flexibility index (Phi) is 5.17. The zero-order chi connectivity index (χ0) is 14.6. The molecule has 1 saturated carbocycles. The smallest absolute Gasteiger partial charge is 0.337 e. The van der Waals surface area contributed by atoms with E-state index in [0.29, 0.717) is 5.92 Å². The molecule has 6 heteroatoms. The van der Waals surface area contributed by atoms with Gasteiger partial charge >= 0.3 is 12.0 Å². The fourth-order valence-corrected chi connectivity index (χ4v) is 2.37. The van der Waals surface area contributed by atoms with Crippen LogP contribution < -0.4 is 5.32 Å². The molecule has 0 aromatic carbocycles. The summed E-state index contributed by atoms with van der Waals surface area (Å²) in [6, 6.07) is -0.140. The fourth-order valence-electron chi connectivity index (χ4n) is 2.37. The van der Waals surface area contributed by atoms with Crippen LogP contribution in [-0.4, -0.2) is 52.3 Å². The van der Waals surface area contributed by atoms with Crippen molar-refractivity contribution in [2.75, 3.05) is 13.6 Å². The molecule has 3 atom stereocenters. The topological polar surface area (TPSA) is 89.9 Å². The lowest BCUT2D eigenvalue weighted by molar-refractivity contribution is -0.155. The molecule has 0 aliphatic heterocycles. The van der Waals surface area contributed by atoms with Gasteiger partial charge in [-0.25, -0.2) is 9.59 Å². The number of nitrogens with zero attached hydrogens (tertiary/aromatic N) is 1. The van der Waals surface area contributed by atoms with Gasteiger partial charge in [-0.15, -0.1) is 0 Å². The van der Waals surface area contributed by atoms with Gasteiger partial charge in [0, 0.05) is 13.1 Å². The Balaban J connectivity index is 2.46. The van der Waals surface area contributed by atoms with Crippen LogP contribution in [0.3, 0.4) is 0 Å². The van der Waals surface area contributed by atoms with Gasteiger partial charge in [-0.2, -0.15) is 0 Å². The fraction of sp³-hybridized carbons (Fsp3) is 0.846. The number of aliphatic hydroxyl groups is 1. The molecule has 3 unspecified atom stereocenters. The van der Waals surface area contributed by atoms with Gasteiger partial charge in [-0.1, -0.05) is 19.8 Å². The van der Waals surface area contributed by atoms with E-state index in [1.54, 1.807) is 11.9 Å². The number of urea groups is 1. The van der Waals surface area contributed by atoms with Gasteiger partial charge in [-0.3, -0.25) is 0 Å². The van der Waals surface area contributed by atoms with Gasteiger partial charge in [0.15, 0.2) is 5.60 Å². The number of rotatable bonds is 4. The quantitative estimate of drug-likeness (QED) is 0.713. The number of hydrogen-bond donors (Lipinski definition) is 3. The first-order valence-corrected chi connectivity index (χ1v) is 6.70. The Bertz CT molecular complexity index is 344. The van der Waals surface area contributed by atoms with E-state index in [2.05, 4.69) is 12.2 Å². The van der Waals surface area contributed by atoms with Crippen molar-refractivity contribution < 1.29 is 19.8 Å². The second kappa shape index (κ2) is 6.23. The van der Waals surface area contributed by atoms with Crippen LogP contribution in [0.25, 0.3) is 0 Å². The number of carbonyl (C=O) groups is 2. The van der Waals surface area contributed by atoms with E-state index in [1.807, 2.05) is 0 Å². The first-order valence-electron chi connectivity index (χ1n) is 6.70. The molecule has 0 heterocycles. The third-order valence-corrected chi connectivity index (χ3v) is 3.82. The molecule has 0 aromatic rings. The van der Waals surface area contributed by atoms with E-state index in [4.69, 9.17) is 5.11 Å². The number of aliphatic carboxylic acids is 1. The van der Waals surface area contributed by atoms with Crippen LogP contribution in [0.5, 0.6) is 0 Å². The Morgan fingerprint density at radius 1 is 1.42 bits per heavy atom. The van der Waals surface area contributed by atoms with Crippen molar-refractivity contribution in [1.82, 2.24) is 10.2 Å². The van der Waals surface area contributed by atoms with Crippen LogP contribution >= 0.6 is 0 Å². The summed E-state index contributed by atoms with van der Waals surface area (Å²) in [5, 5.41) is 20.8. The van der Waals surface area contributed by atoms with E-state index in [9.17, 15) is 14.7 Å². The van der Waals surface area contributed by atoms with Crippen LogP contribution in [0, 0.1) is 5.92 Å². The summed E-state index contributed by atoms with van der Waals surface area (Å²) in [6.07, 6.45) is 4.25. The Morgan fingerprint density at radius 3 is 2.58 bits per heavy atom. The number of nitrogens with one attached hydrogen (secondary N) is 1. The maximum absolute atomic E-state index is 11.9. The lowest BCUT2D eigenvalue weighted by Gasteiger charge is -2.34. The van der Waals surface area contributed by atoms with Crippen molar-refractivity contribution in [3.8, 4) is 0 Å². The third-order valence-electron chi connectivity index (χ3n) is 3.82. The zero-order valence-electron chi connectivity index (χ0n) is 11.8. The van der Waals surface area contributed by atoms with E-state index < -0.39 is 11.6 Å². The van der Waals surface area contributed by atoms with Crippen molar-refractivity contribution in [2.24, 2.45) is 5.92 Å². The van der Waals surface area contributed by atoms with Gasteiger partial charge in [0.25, 0.3) is 0 Å². The maximum atomic E-state index is 11.9. The number of carboxylic acid groups (broad SMARTS) is 1. The summed E-state index contributed by atoms with van der Waals surface area (Å²) in [5.74, 6) is -0.738. The Hall–Kier alpha value is -1.30. The second-order valence-electron chi connectivity index (χ2n) is 5.77. The van der Waals surface area contributed by atoms with E-state index in [0.717, 1.165) is 26.2 Å². The van der Waals surface area contributed by atoms with Crippen LogP contribution in [-0.2, 0) is 4.79 Å². The lowest BCUT2D eigenvalue weighted by atomic mass is 9.86. The predicted molar refractivity (Wildman–Crippen MR) is 70.8 cm³/mol. The highest BCUT2D eigenvalue weighted by Crippen LogP contribution is 2.26. The minimum atomic E-state index is -1.93. The molecule has 2 amide bonds. The summed E-state index contributed by atoms with van der Waals surface area (Å²) in [7, 11) is 1.72. The van der Waals surface area contributed by atoms with Crippen molar-refractivity contribution in [3.63, 3.8) is 0 Å². The molecule has 1 aliphatic carbocycles. The van der Waals surface area contributed by atoms with Gasteiger partial charge in [0.2, 0.25) is 0 Å². The Morgan fingerprint density at radius 2 is 2.05 bits per heavy atom. The van der Waals surface area contributed by atoms with Crippen molar-refractivity contribution in [3.05, 3.63) is 0 Å². The van der Waals surface area contributed by atoms with Crippen LogP contribution in [0.2, 0.25) is 0 Å². The molecule has 6 nitrogen and oxygen atoms in total. The normalized spacial score (nSPS) is 26.3. The molecule has 0 radical (unpaired) electrons. The highest BCUT2D eigenvalue weighted by Gasteiger charge is 2.32. The van der Waals surface area contributed by atoms with Crippen LogP contribution in [0.4, 0.5) is 4.79 Å². The molecule has 0 bridgehead atoms. The predicted octanol–water partition coefficient (Wildman–Crippen LogP) is 1.04. The summed E-state index contributed by atoms with van der Waals surface area (Å²) in [6.45, 7) is 3.04. The monoisotopic (exact) mass is 272 g/mol. The average Bonchev–Trinajstić information content (AvgIpc) is 2.35. The number of amides is 2. The average molecular weight is 272 g/mol. The molecule has 1 rings (SSSR count). The largest absolute Gasteiger partial charge is 0.479 e. The van der Waals surface area contributed by atoms with Crippen molar-refractivity contribution in [2.45, 2.75) is 51.2 Å². The zero-order valence-corrected chi connectivity index (χ0v) is 11.8. The van der Waals surface area contributed by atoms with Crippen molar-refractivity contribution in [1.29, 1.82) is 0 Å². The molecular formula is C13H24N2O4. The lowest BCUT2D eigenvalue weighted by Crippen LogP contribution is -2.51. The second-order valence-corrected chi connectivity index (χ2v) is 5.77. The summed E-state index contributed by atoms with van der Waals surface area (Å²) < 4.78 is 0.